The van der Waals surface area contributed by atoms with Gasteiger partial charge in [0.1, 0.15) is 5.75 Å². The van der Waals surface area contributed by atoms with Crippen molar-refractivity contribution >= 4 is 17.5 Å². The molecule has 1 aliphatic carbocycles. The van der Waals surface area contributed by atoms with Crippen molar-refractivity contribution in [1.82, 2.24) is 5.32 Å². The molecular formula is C22H24N2O3. The van der Waals surface area contributed by atoms with Crippen molar-refractivity contribution in [1.29, 1.82) is 0 Å². The Bertz CT molecular complexity index is 843. The van der Waals surface area contributed by atoms with Gasteiger partial charge in [0, 0.05) is 24.2 Å². The first kappa shape index (κ1) is 17.6. The molecule has 2 aliphatic rings. The molecule has 5 nitrogen and oxygen atoms in total. The van der Waals surface area contributed by atoms with E-state index in [4.69, 9.17) is 4.74 Å². The van der Waals surface area contributed by atoms with Gasteiger partial charge in [0.05, 0.1) is 13.2 Å². The van der Waals surface area contributed by atoms with Crippen LogP contribution in [0.5, 0.6) is 5.75 Å². The Balaban J connectivity index is 1.52. The summed E-state index contributed by atoms with van der Waals surface area (Å²) in [6.45, 7) is 0.723. The molecule has 1 saturated heterocycles. The Labute approximate surface area is 159 Å². The van der Waals surface area contributed by atoms with Gasteiger partial charge in [-0.25, -0.2) is 0 Å². The van der Waals surface area contributed by atoms with E-state index in [1.165, 1.54) is 0 Å². The van der Waals surface area contributed by atoms with Crippen LogP contribution < -0.4 is 15.0 Å². The first-order valence-electron chi connectivity index (χ1n) is 9.51. The van der Waals surface area contributed by atoms with Crippen molar-refractivity contribution in [3.63, 3.8) is 0 Å². The van der Waals surface area contributed by atoms with Gasteiger partial charge in [0.15, 0.2) is 0 Å². The summed E-state index contributed by atoms with van der Waals surface area (Å²) in [5.41, 5.74) is 2.49. The Kier molecular flexibility index (Phi) is 4.84. The number of benzene rings is 2. The minimum Gasteiger partial charge on any atom is -0.497 e. The lowest BCUT2D eigenvalue weighted by Crippen LogP contribution is -2.30. The lowest BCUT2D eigenvalue weighted by molar-refractivity contribution is -0.117. The highest BCUT2D eigenvalue weighted by Gasteiger charge is 2.33. The fraction of sp³-hybridized carbons (Fsp3) is 0.364. The maximum atomic E-state index is 12.9. The Hall–Kier alpha value is -2.82. The molecule has 0 bridgehead atoms. The number of amides is 2. The van der Waals surface area contributed by atoms with Crippen molar-refractivity contribution < 1.29 is 14.3 Å². The Morgan fingerprint density at radius 1 is 1.19 bits per heavy atom. The molecule has 2 aromatic carbocycles. The second-order valence-corrected chi connectivity index (χ2v) is 7.26. The van der Waals surface area contributed by atoms with Gasteiger partial charge in [0.25, 0.3) is 5.91 Å². The zero-order valence-corrected chi connectivity index (χ0v) is 15.5. The number of rotatable bonds is 6. The molecule has 0 unspecified atom stereocenters. The van der Waals surface area contributed by atoms with Crippen LogP contribution in [-0.2, 0) is 4.79 Å². The van der Waals surface area contributed by atoms with E-state index >= 15 is 0 Å². The van der Waals surface area contributed by atoms with E-state index in [0.717, 1.165) is 42.8 Å². The second kappa shape index (κ2) is 7.43. The molecule has 1 saturated carbocycles. The smallest absolute Gasteiger partial charge is 0.251 e. The van der Waals surface area contributed by atoms with Crippen molar-refractivity contribution in [3.05, 3.63) is 59.7 Å². The average molecular weight is 364 g/mol. The molecule has 1 N–H and O–H groups in total. The fourth-order valence-corrected chi connectivity index (χ4v) is 3.67. The lowest BCUT2D eigenvalue weighted by Gasteiger charge is -2.20. The molecule has 5 heteroatoms. The standard InChI is InChI=1S/C22H24N2O3/c1-27-19-11-9-16(10-12-19)21(15-7-8-15)23-22(26)17-4-2-5-18(14-17)24-13-3-6-20(24)25/h2,4-5,9-12,14-15,21H,3,6-8,13H2,1H3,(H,23,26)/t21-/m1/s1. The van der Waals surface area contributed by atoms with Gasteiger partial charge < -0.3 is 15.0 Å². The Morgan fingerprint density at radius 2 is 1.96 bits per heavy atom. The molecule has 27 heavy (non-hydrogen) atoms. The van der Waals surface area contributed by atoms with Crippen LogP contribution in [0.15, 0.2) is 48.5 Å². The molecule has 1 heterocycles. The summed E-state index contributed by atoms with van der Waals surface area (Å²) in [6.07, 6.45) is 3.70. The molecule has 1 aliphatic heterocycles. The van der Waals surface area contributed by atoms with Gasteiger partial charge in [0.2, 0.25) is 5.91 Å². The van der Waals surface area contributed by atoms with Gasteiger partial charge in [-0.1, -0.05) is 18.2 Å². The van der Waals surface area contributed by atoms with Crippen LogP contribution in [-0.4, -0.2) is 25.5 Å². The van der Waals surface area contributed by atoms with E-state index in [1.54, 1.807) is 18.1 Å². The summed E-state index contributed by atoms with van der Waals surface area (Å²) >= 11 is 0. The highest BCUT2D eigenvalue weighted by atomic mass is 16.5. The SMILES string of the molecule is COc1ccc([C@H](NC(=O)c2cccc(N3CCCC3=O)c2)C2CC2)cc1. The van der Waals surface area contributed by atoms with Crippen LogP contribution in [0, 0.1) is 5.92 Å². The quantitative estimate of drug-likeness (QED) is 0.850. The molecular weight excluding hydrogens is 340 g/mol. The number of nitrogens with zero attached hydrogens (tertiary/aromatic N) is 1. The number of ether oxygens (including phenoxy) is 1. The zero-order chi connectivity index (χ0) is 18.8. The molecule has 140 valence electrons. The van der Waals surface area contributed by atoms with Crippen LogP contribution in [0.1, 0.15) is 47.6 Å². The third-order valence-electron chi connectivity index (χ3n) is 5.35. The summed E-state index contributed by atoms with van der Waals surface area (Å²) in [7, 11) is 1.65. The van der Waals surface area contributed by atoms with E-state index < -0.39 is 0 Å². The summed E-state index contributed by atoms with van der Waals surface area (Å²) in [6, 6.07) is 15.2. The second-order valence-electron chi connectivity index (χ2n) is 7.26. The first-order valence-corrected chi connectivity index (χ1v) is 9.51. The number of carbonyl (C=O) groups is 2. The van der Waals surface area contributed by atoms with Gasteiger partial charge in [-0.2, -0.15) is 0 Å². The van der Waals surface area contributed by atoms with Crippen molar-refractivity contribution in [2.75, 3.05) is 18.6 Å². The van der Waals surface area contributed by atoms with Crippen LogP contribution >= 0.6 is 0 Å². The van der Waals surface area contributed by atoms with E-state index in [0.29, 0.717) is 17.9 Å². The van der Waals surface area contributed by atoms with Crippen LogP contribution in [0.3, 0.4) is 0 Å². The molecule has 2 amide bonds. The number of anilines is 1. The highest BCUT2D eigenvalue weighted by molar-refractivity contribution is 5.99. The summed E-state index contributed by atoms with van der Waals surface area (Å²) in [4.78, 5) is 26.6. The Morgan fingerprint density at radius 3 is 2.59 bits per heavy atom. The predicted octanol–water partition coefficient (Wildman–Crippen LogP) is 3.70. The van der Waals surface area contributed by atoms with Gasteiger partial charge >= 0.3 is 0 Å². The fourth-order valence-electron chi connectivity index (χ4n) is 3.67. The van der Waals surface area contributed by atoms with Crippen LogP contribution in [0.25, 0.3) is 0 Å². The highest BCUT2D eigenvalue weighted by Crippen LogP contribution is 2.41. The normalized spacial score (nSPS) is 17.7. The van der Waals surface area contributed by atoms with Gasteiger partial charge in [-0.15, -0.1) is 0 Å². The molecule has 4 rings (SSSR count). The zero-order valence-electron chi connectivity index (χ0n) is 15.5. The molecule has 0 aromatic heterocycles. The van der Waals surface area contributed by atoms with E-state index in [9.17, 15) is 9.59 Å². The number of methoxy groups -OCH3 is 1. The average Bonchev–Trinajstić information content (AvgIpc) is 3.46. The maximum absolute atomic E-state index is 12.9. The van der Waals surface area contributed by atoms with E-state index in [2.05, 4.69) is 5.32 Å². The minimum absolute atomic E-state index is 0.000445. The minimum atomic E-state index is -0.101. The third-order valence-corrected chi connectivity index (χ3v) is 5.35. The lowest BCUT2D eigenvalue weighted by atomic mass is 10.0. The van der Waals surface area contributed by atoms with Gasteiger partial charge in [-0.05, 0) is 61.1 Å². The van der Waals surface area contributed by atoms with Crippen molar-refractivity contribution in [3.8, 4) is 5.75 Å². The molecule has 2 aromatic rings. The van der Waals surface area contributed by atoms with Crippen molar-refractivity contribution in [2.24, 2.45) is 5.92 Å². The molecule has 0 radical (unpaired) electrons. The summed E-state index contributed by atoms with van der Waals surface area (Å²) < 4.78 is 5.23. The van der Waals surface area contributed by atoms with Crippen LogP contribution in [0.2, 0.25) is 0 Å². The number of nitrogens with one attached hydrogen (secondary N) is 1. The van der Waals surface area contributed by atoms with E-state index in [-0.39, 0.29) is 17.9 Å². The summed E-state index contributed by atoms with van der Waals surface area (Å²) in [5.74, 6) is 1.31. The molecule has 0 spiro atoms. The molecule has 1 atom stereocenters. The molecule has 2 fully saturated rings. The number of hydrogen-bond acceptors (Lipinski definition) is 3. The first-order chi connectivity index (χ1) is 13.2. The maximum Gasteiger partial charge on any atom is 0.251 e. The van der Waals surface area contributed by atoms with Crippen molar-refractivity contribution in [2.45, 2.75) is 31.7 Å². The largest absolute Gasteiger partial charge is 0.497 e. The van der Waals surface area contributed by atoms with Gasteiger partial charge in [-0.3, -0.25) is 9.59 Å². The monoisotopic (exact) mass is 364 g/mol. The number of hydrogen-bond donors (Lipinski definition) is 1. The summed E-state index contributed by atoms with van der Waals surface area (Å²) in [5, 5.41) is 3.19. The third kappa shape index (κ3) is 3.82. The predicted molar refractivity (Wildman–Crippen MR) is 104 cm³/mol. The number of carbonyl (C=O) groups excluding carboxylic acids is 2. The van der Waals surface area contributed by atoms with E-state index in [1.807, 2.05) is 42.5 Å². The topological polar surface area (TPSA) is 58.6 Å². The van der Waals surface area contributed by atoms with Crippen LogP contribution in [0.4, 0.5) is 5.69 Å².